The van der Waals surface area contributed by atoms with Gasteiger partial charge < -0.3 is 4.74 Å². The maximum Gasteiger partial charge on any atom is 0.331 e. The fourth-order valence-electron chi connectivity index (χ4n) is 2.16. The standard InChI is InChI=1S/C16H25NO2S/c1-4-6-12-20-13-16(17-5-2,15(18)19-3)14-10-8-7-9-11-14/h7-11,17H,4-6,12-13H2,1-3H3. The van der Waals surface area contributed by atoms with Crippen LogP contribution in [0.2, 0.25) is 0 Å². The Morgan fingerprint density at radius 1 is 1.30 bits per heavy atom. The molecule has 0 saturated carbocycles. The average Bonchev–Trinajstić information content (AvgIpc) is 2.50. The molecular formula is C16H25NO2S. The monoisotopic (exact) mass is 295 g/mol. The Balaban J connectivity index is 2.98. The molecule has 1 unspecified atom stereocenters. The van der Waals surface area contributed by atoms with E-state index < -0.39 is 5.54 Å². The number of unbranched alkanes of at least 4 members (excludes halogenated alkanes) is 1. The summed E-state index contributed by atoms with van der Waals surface area (Å²) in [7, 11) is 1.45. The van der Waals surface area contributed by atoms with E-state index in [1.165, 1.54) is 20.0 Å². The summed E-state index contributed by atoms with van der Waals surface area (Å²) in [5.41, 5.74) is 0.223. The molecule has 4 heteroatoms. The van der Waals surface area contributed by atoms with Gasteiger partial charge in [0.25, 0.3) is 0 Å². The number of rotatable bonds is 9. The Morgan fingerprint density at radius 2 is 2.00 bits per heavy atom. The van der Waals surface area contributed by atoms with E-state index in [1.807, 2.05) is 37.3 Å². The molecule has 0 amide bonds. The van der Waals surface area contributed by atoms with Crippen molar-refractivity contribution in [2.45, 2.75) is 32.2 Å². The molecule has 0 aliphatic heterocycles. The fraction of sp³-hybridized carbons (Fsp3) is 0.562. The second-order valence-electron chi connectivity index (χ2n) is 4.70. The highest BCUT2D eigenvalue weighted by Crippen LogP contribution is 2.28. The van der Waals surface area contributed by atoms with E-state index >= 15 is 0 Å². The first kappa shape index (κ1) is 17.1. The van der Waals surface area contributed by atoms with Crippen molar-refractivity contribution in [2.24, 2.45) is 0 Å². The van der Waals surface area contributed by atoms with Gasteiger partial charge in [0.15, 0.2) is 5.54 Å². The fourth-order valence-corrected chi connectivity index (χ4v) is 3.49. The van der Waals surface area contributed by atoms with Crippen molar-refractivity contribution < 1.29 is 9.53 Å². The van der Waals surface area contributed by atoms with Gasteiger partial charge in [-0.15, -0.1) is 0 Å². The number of hydrogen-bond donors (Lipinski definition) is 1. The summed E-state index contributed by atoms with van der Waals surface area (Å²) < 4.78 is 5.06. The molecule has 112 valence electrons. The van der Waals surface area contributed by atoms with Crippen LogP contribution < -0.4 is 5.32 Å². The number of benzene rings is 1. The second-order valence-corrected chi connectivity index (χ2v) is 5.80. The maximum atomic E-state index is 12.4. The van der Waals surface area contributed by atoms with Crippen LogP contribution in [-0.4, -0.2) is 31.1 Å². The summed E-state index contributed by atoms with van der Waals surface area (Å²) in [6, 6.07) is 9.85. The number of esters is 1. The molecule has 0 aliphatic rings. The van der Waals surface area contributed by atoms with Gasteiger partial charge in [-0.1, -0.05) is 50.6 Å². The lowest BCUT2D eigenvalue weighted by atomic mass is 9.91. The van der Waals surface area contributed by atoms with Crippen molar-refractivity contribution in [3.05, 3.63) is 35.9 Å². The molecule has 0 fully saturated rings. The van der Waals surface area contributed by atoms with E-state index in [0.29, 0.717) is 5.75 Å². The molecule has 1 aromatic carbocycles. The average molecular weight is 295 g/mol. The van der Waals surface area contributed by atoms with Crippen LogP contribution >= 0.6 is 11.8 Å². The van der Waals surface area contributed by atoms with Crippen molar-refractivity contribution in [3.8, 4) is 0 Å². The number of ether oxygens (including phenoxy) is 1. The van der Waals surface area contributed by atoms with Crippen LogP contribution in [0.1, 0.15) is 32.3 Å². The zero-order chi connectivity index (χ0) is 14.8. The highest BCUT2D eigenvalue weighted by molar-refractivity contribution is 7.99. The topological polar surface area (TPSA) is 38.3 Å². The Bertz CT molecular complexity index is 397. The van der Waals surface area contributed by atoms with E-state index in [0.717, 1.165) is 17.9 Å². The van der Waals surface area contributed by atoms with Gasteiger partial charge in [-0.25, -0.2) is 4.79 Å². The minimum Gasteiger partial charge on any atom is -0.467 e. The van der Waals surface area contributed by atoms with Gasteiger partial charge in [-0.05, 0) is 24.3 Å². The molecular weight excluding hydrogens is 270 g/mol. The largest absolute Gasteiger partial charge is 0.467 e. The molecule has 20 heavy (non-hydrogen) atoms. The van der Waals surface area contributed by atoms with Crippen LogP contribution in [-0.2, 0) is 15.1 Å². The van der Waals surface area contributed by atoms with Gasteiger partial charge in [-0.3, -0.25) is 5.32 Å². The third kappa shape index (κ3) is 4.25. The second kappa shape index (κ2) is 9.03. The highest BCUT2D eigenvalue weighted by atomic mass is 32.2. The summed E-state index contributed by atoms with van der Waals surface area (Å²) in [6.45, 7) is 4.91. The van der Waals surface area contributed by atoms with Crippen LogP contribution in [0.15, 0.2) is 30.3 Å². The summed E-state index contributed by atoms with van der Waals surface area (Å²) >= 11 is 1.80. The third-order valence-corrected chi connectivity index (χ3v) is 4.45. The molecule has 0 aromatic heterocycles. The van der Waals surface area contributed by atoms with E-state index in [4.69, 9.17) is 4.74 Å². The molecule has 1 N–H and O–H groups in total. The van der Waals surface area contributed by atoms with Crippen molar-refractivity contribution >= 4 is 17.7 Å². The molecule has 1 aromatic rings. The molecule has 0 spiro atoms. The zero-order valence-electron chi connectivity index (χ0n) is 12.6. The number of hydrogen-bond acceptors (Lipinski definition) is 4. The molecule has 1 atom stereocenters. The number of carbonyl (C=O) groups excluding carboxylic acids is 1. The Morgan fingerprint density at radius 3 is 2.55 bits per heavy atom. The van der Waals surface area contributed by atoms with Crippen LogP contribution in [0.3, 0.4) is 0 Å². The Kier molecular flexibility index (Phi) is 7.70. The lowest BCUT2D eigenvalue weighted by Gasteiger charge is -2.32. The summed E-state index contributed by atoms with van der Waals surface area (Å²) in [6.07, 6.45) is 2.34. The lowest BCUT2D eigenvalue weighted by molar-refractivity contribution is -0.148. The number of likely N-dealkylation sites (N-methyl/N-ethyl adjacent to an activating group) is 1. The number of thioether (sulfide) groups is 1. The van der Waals surface area contributed by atoms with Gasteiger partial charge >= 0.3 is 5.97 Å². The summed E-state index contributed by atoms with van der Waals surface area (Å²) in [5, 5.41) is 3.34. The summed E-state index contributed by atoms with van der Waals surface area (Å²) in [5.74, 6) is 1.54. The van der Waals surface area contributed by atoms with E-state index in [-0.39, 0.29) is 5.97 Å². The molecule has 3 nitrogen and oxygen atoms in total. The highest BCUT2D eigenvalue weighted by Gasteiger charge is 2.40. The van der Waals surface area contributed by atoms with Crippen molar-refractivity contribution in [1.82, 2.24) is 5.32 Å². The van der Waals surface area contributed by atoms with Crippen molar-refractivity contribution in [1.29, 1.82) is 0 Å². The predicted molar refractivity (Wildman–Crippen MR) is 86.0 cm³/mol. The lowest BCUT2D eigenvalue weighted by Crippen LogP contribution is -2.52. The van der Waals surface area contributed by atoms with Gasteiger partial charge in [-0.2, -0.15) is 11.8 Å². The SMILES string of the molecule is CCCCSCC(NCC)(C(=O)OC)c1ccccc1. The van der Waals surface area contributed by atoms with Gasteiger partial charge in [0.2, 0.25) is 0 Å². The minimum atomic E-state index is -0.747. The molecule has 1 rings (SSSR count). The van der Waals surface area contributed by atoms with Gasteiger partial charge in [0.05, 0.1) is 7.11 Å². The quantitative estimate of drug-likeness (QED) is 0.561. The van der Waals surface area contributed by atoms with Gasteiger partial charge in [0.1, 0.15) is 0 Å². The summed E-state index contributed by atoms with van der Waals surface area (Å²) in [4.78, 5) is 12.4. The van der Waals surface area contributed by atoms with Crippen LogP contribution in [0.4, 0.5) is 0 Å². The molecule has 0 aliphatic carbocycles. The van der Waals surface area contributed by atoms with Gasteiger partial charge in [0, 0.05) is 5.75 Å². The third-order valence-electron chi connectivity index (χ3n) is 3.24. The first-order valence-corrected chi connectivity index (χ1v) is 8.33. The van der Waals surface area contributed by atoms with Crippen molar-refractivity contribution in [2.75, 3.05) is 25.2 Å². The predicted octanol–water partition coefficient (Wildman–Crippen LogP) is 3.20. The first-order chi connectivity index (χ1) is 9.71. The Hall–Kier alpha value is -1.00. The zero-order valence-corrected chi connectivity index (χ0v) is 13.5. The molecule has 0 radical (unpaired) electrons. The maximum absolute atomic E-state index is 12.4. The van der Waals surface area contributed by atoms with E-state index in [1.54, 1.807) is 11.8 Å². The van der Waals surface area contributed by atoms with E-state index in [2.05, 4.69) is 12.2 Å². The van der Waals surface area contributed by atoms with Crippen LogP contribution in [0.5, 0.6) is 0 Å². The molecule has 0 heterocycles. The molecule has 0 bridgehead atoms. The van der Waals surface area contributed by atoms with E-state index in [9.17, 15) is 4.79 Å². The van der Waals surface area contributed by atoms with Crippen molar-refractivity contribution in [3.63, 3.8) is 0 Å². The number of nitrogens with one attached hydrogen (secondary N) is 1. The number of carbonyl (C=O) groups is 1. The number of methoxy groups -OCH3 is 1. The van der Waals surface area contributed by atoms with Crippen LogP contribution in [0.25, 0.3) is 0 Å². The van der Waals surface area contributed by atoms with Crippen LogP contribution in [0, 0.1) is 0 Å². The normalized spacial score (nSPS) is 13.8. The first-order valence-electron chi connectivity index (χ1n) is 7.18. The minimum absolute atomic E-state index is 0.213. The Labute approximate surface area is 126 Å². The smallest absolute Gasteiger partial charge is 0.331 e. The molecule has 0 saturated heterocycles.